The maximum atomic E-state index is 11.9. The van der Waals surface area contributed by atoms with Crippen molar-refractivity contribution in [3.05, 3.63) is 0 Å². The van der Waals surface area contributed by atoms with Crippen LogP contribution in [0.25, 0.3) is 0 Å². The summed E-state index contributed by atoms with van der Waals surface area (Å²) in [6, 6.07) is 0.178. The largest absolute Gasteiger partial charge is 0.366 e. The van der Waals surface area contributed by atoms with Gasteiger partial charge in [0, 0.05) is 18.5 Å². The number of hydrogen-bond acceptors (Lipinski definition) is 2. The third kappa shape index (κ3) is 3.63. The molecule has 1 heterocycles. The van der Waals surface area contributed by atoms with Gasteiger partial charge in [0.05, 0.1) is 5.60 Å². The minimum Gasteiger partial charge on any atom is -0.366 e. The predicted octanol–water partition coefficient (Wildman–Crippen LogP) is 2.28. The maximum absolute atomic E-state index is 11.9. The first-order valence-electron chi connectivity index (χ1n) is 5.84. The fourth-order valence-electron chi connectivity index (χ4n) is 1.91. The van der Waals surface area contributed by atoms with Gasteiger partial charge in [-0.05, 0) is 33.1 Å². The minimum absolute atomic E-state index is 0.0601. The Morgan fingerprint density at radius 1 is 1.50 bits per heavy atom. The van der Waals surface area contributed by atoms with Crippen molar-refractivity contribution in [1.82, 2.24) is 4.90 Å². The lowest BCUT2D eigenvalue weighted by Gasteiger charge is -2.27. The molecule has 0 bridgehead atoms. The Labute approximate surface area is 103 Å². The Hall–Kier alpha value is -0.280. The molecule has 1 fully saturated rings. The lowest BCUT2D eigenvalue weighted by Crippen LogP contribution is -2.41. The number of carbonyl (C=O) groups excluding carboxylic acids is 1. The summed E-state index contributed by atoms with van der Waals surface area (Å²) in [4.78, 5) is 13.8. The Morgan fingerprint density at radius 2 is 2.12 bits per heavy atom. The van der Waals surface area contributed by atoms with E-state index in [1.165, 1.54) is 0 Å². The third-order valence-electron chi connectivity index (χ3n) is 2.99. The topological polar surface area (TPSA) is 29.5 Å². The first kappa shape index (κ1) is 13.8. The molecule has 2 atom stereocenters. The highest BCUT2D eigenvalue weighted by Crippen LogP contribution is 2.25. The molecule has 3 nitrogen and oxygen atoms in total. The van der Waals surface area contributed by atoms with Crippen molar-refractivity contribution in [3.8, 4) is 0 Å². The molecule has 0 spiro atoms. The summed E-state index contributed by atoms with van der Waals surface area (Å²) in [5, 5.41) is 0. The standard InChI is InChI=1S/C12H22ClNO2/c1-9-5-6-14(10(9)7-13)11(15)8-16-12(2,3)4/h9-10H,5-8H2,1-4H3. The fourth-order valence-corrected chi connectivity index (χ4v) is 2.39. The fraction of sp³-hybridized carbons (Fsp3) is 0.917. The first-order valence-corrected chi connectivity index (χ1v) is 6.38. The Balaban J connectivity index is 2.48. The summed E-state index contributed by atoms with van der Waals surface area (Å²) >= 11 is 5.90. The maximum Gasteiger partial charge on any atom is 0.248 e. The quantitative estimate of drug-likeness (QED) is 0.716. The first-order chi connectivity index (χ1) is 7.35. The molecule has 16 heavy (non-hydrogen) atoms. The highest BCUT2D eigenvalue weighted by atomic mass is 35.5. The van der Waals surface area contributed by atoms with Crippen LogP contribution in [0, 0.1) is 5.92 Å². The van der Waals surface area contributed by atoms with E-state index in [1.807, 2.05) is 25.7 Å². The number of rotatable bonds is 3. The third-order valence-corrected chi connectivity index (χ3v) is 3.31. The van der Waals surface area contributed by atoms with E-state index >= 15 is 0 Å². The molecule has 1 aliphatic rings. The van der Waals surface area contributed by atoms with Gasteiger partial charge in [0.2, 0.25) is 5.91 Å². The second-order valence-electron chi connectivity index (χ2n) is 5.48. The van der Waals surface area contributed by atoms with Crippen LogP contribution in [0.5, 0.6) is 0 Å². The van der Waals surface area contributed by atoms with Gasteiger partial charge in [0.15, 0.2) is 0 Å². The summed E-state index contributed by atoms with van der Waals surface area (Å²) in [5.74, 6) is 1.07. The summed E-state index contributed by atoms with van der Waals surface area (Å²) < 4.78 is 5.50. The number of carbonyl (C=O) groups is 1. The molecule has 1 saturated heterocycles. The van der Waals surface area contributed by atoms with E-state index in [1.54, 1.807) is 0 Å². The molecule has 1 amide bonds. The summed E-state index contributed by atoms with van der Waals surface area (Å²) in [5.41, 5.74) is -0.266. The summed E-state index contributed by atoms with van der Waals surface area (Å²) in [6.07, 6.45) is 1.04. The number of hydrogen-bond donors (Lipinski definition) is 0. The number of halogens is 1. The van der Waals surface area contributed by atoms with Crippen molar-refractivity contribution in [3.63, 3.8) is 0 Å². The zero-order valence-corrected chi connectivity index (χ0v) is 11.4. The zero-order valence-electron chi connectivity index (χ0n) is 10.6. The smallest absolute Gasteiger partial charge is 0.248 e. The molecule has 0 aromatic heterocycles. The second-order valence-corrected chi connectivity index (χ2v) is 5.78. The lowest BCUT2D eigenvalue weighted by molar-refractivity contribution is -0.141. The van der Waals surface area contributed by atoms with Crippen LogP contribution in [0.1, 0.15) is 34.1 Å². The van der Waals surface area contributed by atoms with Gasteiger partial charge in [-0.15, -0.1) is 11.6 Å². The van der Waals surface area contributed by atoms with Gasteiger partial charge in [0.25, 0.3) is 0 Å². The lowest BCUT2D eigenvalue weighted by atomic mass is 10.1. The molecular formula is C12H22ClNO2. The van der Waals surface area contributed by atoms with Crippen LogP contribution in [0.15, 0.2) is 0 Å². The van der Waals surface area contributed by atoms with Crippen LogP contribution in [0.3, 0.4) is 0 Å². The average Bonchev–Trinajstić information content (AvgIpc) is 2.54. The SMILES string of the molecule is CC1CCN(C(=O)COC(C)(C)C)C1CCl. The van der Waals surface area contributed by atoms with Crippen LogP contribution in [-0.2, 0) is 9.53 Å². The Bertz CT molecular complexity index is 250. The van der Waals surface area contributed by atoms with Gasteiger partial charge in [-0.1, -0.05) is 6.92 Å². The van der Waals surface area contributed by atoms with Gasteiger partial charge in [-0.2, -0.15) is 0 Å². The number of amides is 1. The van der Waals surface area contributed by atoms with Gasteiger partial charge < -0.3 is 9.64 Å². The zero-order chi connectivity index (χ0) is 12.3. The van der Waals surface area contributed by atoms with Crippen molar-refractivity contribution in [2.45, 2.75) is 45.8 Å². The van der Waals surface area contributed by atoms with E-state index in [4.69, 9.17) is 16.3 Å². The molecule has 1 aliphatic heterocycles. The van der Waals surface area contributed by atoms with Crippen LogP contribution in [0.4, 0.5) is 0 Å². The highest BCUT2D eigenvalue weighted by Gasteiger charge is 2.33. The molecule has 2 unspecified atom stereocenters. The van der Waals surface area contributed by atoms with Gasteiger partial charge >= 0.3 is 0 Å². The van der Waals surface area contributed by atoms with E-state index < -0.39 is 0 Å². The van der Waals surface area contributed by atoms with Crippen molar-refractivity contribution in [1.29, 1.82) is 0 Å². The Kier molecular flexibility index (Phi) is 4.62. The highest BCUT2D eigenvalue weighted by molar-refractivity contribution is 6.18. The predicted molar refractivity (Wildman–Crippen MR) is 65.7 cm³/mol. The molecule has 4 heteroatoms. The summed E-state index contributed by atoms with van der Waals surface area (Å²) in [7, 11) is 0. The minimum atomic E-state index is -0.266. The van der Waals surface area contributed by atoms with E-state index in [0.717, 1.165) is 13.0 Å². The van der Waals surface area contributed by atoms with Crippen LogP contribution >= 0.6 is 11.6 Å². The van der Waals surface area contributed by atoms with Crippen molar-refractivity contribution >= 4 is 17.5 Å². The Morgan fingerprint density at radius 3 is 2.62 bits per heavy atom. The van der Waals surface area contributed by atoms with Gasteiger partial charge in [-0.25, -0.2) is 0 Å². The number of likely N-dealkylation sites (tertiary alicyclic amines) is 1. The number of ether oxygens (including phenoxy) is 1. The molecule has 0 radical (unpaired) electrons. The van der Waals surface area contributed by atoms with E-state index in [-0.39, 0.29) is 24.2 Å². The van der Waals surface area contributed by atoms with Crippen LogP contribution in [0.2, 0.25) is 0 Å². The molecule has 0 saturated carbocycles. The van der Waals surface area contributed by atoms with Crippen molar-refractivity contribution in [2.75, 3.05) is 19.0 Å². The monoisotopic (exact) mass is 247 g/mol. The van der Waals surface area contributed by atoms with Gasteiger partial charge in [-0.3, -0.25) is 4.79 Å². The molecule has 0 aromatic carbocycles. The molecule has 1 rings (SSSR count). The normalized spacial score (nSPS) is 26.2. The molecule has 0 aromatic rings. The summed E-state index contributed by atoms with van der Waals surface area (Å²) in [6.45, 7) is 8.96. The molecular weight excluding hydrogens is 226 g/mol. The average molecular weight is 248 g/mol. The van der Waals surface area contributed by atoms with E-state index in [9.17, 15) is 4.79 Å². The van der Waals surface area contributed by atoms with E-state index in [2.05, 4.69) is 6.92 Å². The number of alkyl halides is 1. The molecule has 94 valence electrons. The molecule has 0 N–H and O–H groups in total. The van der Waals surface area contributed by atoms with Crippen molar-refractivity contribution < 1.29 is 9.53 Å². The van der Waals surface area contributed by atoms with Crippen LogP contribution in [-0.4, -0.2) is 41.5 Å². The van der Waals surface area contributed by atoms with E-state index in [0.29, 0.717) is 11.8 Å². The second kappa shape index (κ2) is 5.37. The van der Waals surface area contributed by atoms with Crippen molar-refractivity contribution in [2.24, 2.45) is 5.92 Å². The number of nitrogens with zero attached hydrogens (tertiary/aromatic N) is 1. The molecule has 0 aliphatic carbocycles. The van der Waals surface area contributed by atoms with Crippen LogP contribution < -0.4 is 0 Å². The van der Waals surface area contributed by atoms with Gasteiger partial charge in [0.1, 0.15) is 6.61 Å².